The summed E-state index contributed by atoms with van der Waals surface area (Å²) in [6.07, 6.45) is -3.59. The van der Waals surface area contributed by atoms with Crippen LogP contribution in [-0.4, -0.2) is 37.7 Å². The number of hydrogen-bond acceptors (Lipinski definition) is 4. The molecule has 2 N–H and O–H groups in total. The van der Waals surface area contributed by atoms with Crippen molar-refractivity contribution in [1.82, 2.24) is 15.6 Å². The summed E-state index contributed by atoms with van der Waals surface area (Å²) in [5, 5.41) is 7.43. The molecule has 0 spiro atoms. The number of alkyl halides is 3. The van der Waals surface area contributed by atoms with Gasteiger partial charge >= 0.3 is 6.18 Å². The quantitative estimate of drug-likeness (QED) is 0.459. The SMILES string of the molecule is CCNC(=NCc1nc(C(F)(F)F)cs1)NCCCOC. The molecule has 0 saturated heterocycles. The number of thiazole rings is 1. The number of rotatable bonds is 7. The molecule has 1 rings (SSSR count). The second kappa shape index (κ2) is 8.83. The van der Waals surface area contributed by atoms with Crippen LogP contribution < -0.4 is 10.6 Å². The fourth-order valence-corrected chi connectivity index (χ4v) is 2.15. The van der Waals surface area contributed by atoms with Crippen molar-refractivity contribution in [3.8, 4) is 0 Å². The molecule has 21 heavy (non-hydrogen) atoms. The van der Waals surface area contributed by atoms with E-state index in [1.54, 1.807) is 7.11 Å². The van der Waals surface area contributed by atoms with E-state index in [1.807, 2.05) is 6.92 Å². The Balaban J connectivity index is 2.54. The molecule has 0 aliphatic heterocycles. The van der Waals surface area contributed by atoms with Gasteiger partial charge in [0, 0.05) is 32.2 Å². The first-order valence-electron chi connectivity index (χ1n) is 6.50. The monoisotopic (exact) mass is 324 g/mol. The predicted molar refractivity (Wildman–Crippen MR) is 76.4 cm³/mol. The van der Waals surface area contributed by atoms with E-state index >= 15 is 0 Å². The summed E-state index contributed by atoms with van der Waals surface area (Å²) in [5.74, 6) is 0.553. The molecule has 120 valence electrons. The highest BCUT2D eigenvalue weighted by Gasteiger charge is 2.33. The number of hydrogen-bond donors (Lipinski definition) is 2. The molecule has 0 aromatic carbocycles. The second-order valence-corrected chi connectivity index (χ2v) is 5.04. The summed E-state index contributed by atoms with van der Waals surface area (Å²) in [7, 11) is 1.62. The van der Waals surface area contributed by atoms with Crippen LogP contribution in [-0.2, 0) is 17.5 Å². The first-order valence-corrected chi connectivity index (χ1v) is 7.38. The van der Waals surface area contributed by atoms with Gasteiger partial charge in [0.2, 0.25) is 0 Å². The van der Waals surface area contributed by atoms with E-state index in [2.05, 4.69) is 20.6 Å². The van der Waals surface area contributed by atoms with E-state index in [1.165, 1.54) is 0 Å². The topological polar surface area (TPSA) is 58.5 Å². The van der Waals surface area contributed by atoms with E-state index in [-0.39, 0.29) is 6.54 Å². The zero-order valence-corrected chi connectivity index (χ0v) is 12.8. The Hall–Kier alpha value is -1.35. The number of nitrogens with zero attached hydrogens (tertiary/aromatic N) is 2. The number of aromatic nitrogens is 1. The van der Waals surface area contributed by atoms with Crippen LogP contribution in [0.3, 0.4) is 0 Å². The molecule has 0 saturated carbocycles. The van der Waals surface area contributed by atoms with Crippen LogP contribution in [0.5, 0.6) is 0 Å². The molecular formula is C12H19F3N4OS. The number of halogens is 3. The summed E-state index contributed by atoms with van der Waals surface area (Å²) in [6, 6.07) is 0. The molecule has 0 amide bonds. The summed E-state index contributed by atoms with van der Waals surface area (Å²) < 4.78 is 42.2. The Morgan fingerprint density at radius 3 is 2.76 bits per heavy atom. The van der Waals surface area contributed by atoms with Crippen LogP contribution in [0, 0.1) is 0 Å². The number of methoxy groups -OCH3 is 1. The van der Waals surface area contributed by atoms with Gasteiger partial charge in [0.25, 0.3) is 0 Å². The first-order chi connectivity index (χ1) is 9.97. The van der Waals surface area contributed by atoms with Gasteiger partial charge < -0.3 is 15.4 Å². The molecule has 1 heterocycles. The highest BCUT2D eigenvalue weighted by atomic mass is 32.1. The van der Waals surface area contributed by atoms with Crippen molar-refractivity contribution in [2.45, 2.75) is 26.1 Å². The average Bonchev–Trinajstić information content (AvgIpc) is 2.89. The van der Waals surface area contributed by atoms with Gasteiger partial charge in [-0.1, -0.05) is 0 Å². The first kappa shape index (κ1) is 17.7. The number of ether oxygens (including phenoxy) is 1. The highest BCUT2D eigenvalue weighted by Crippen LogP contribution is 2.30. The Labute approximate surface area is 125 Å². The largest absolute Gasteiger partial charge is 0.434 e. The van der Waals surface area contributed by atoms with Crippen LogP contribution in [0.4, 0.5) is 13.2 Å². The van der Waals surface area contributed by atoms with E-state index in [9.17, 15) is 13.2 Å². The summed E-state index contributed by atoms with van der Waals surface area (Å²) >= 11 is 0.955. The minimum absolute atomic E-state index is 0.111. The van der Waals surface area contributed by atoms with E-state index in [4.69, 9.17) is 4.74 Å². The molecule has 0 unspecified atom stereocenters. The third-order valence-corrected chi connectivity index (χ3v) is 3.21. The Kier molecular flexibility index (Phi) is 7.44. The standard InChI is InChI=1S/C12H19F3N4OS/c1-3-16-11(17-5-4-6-20-2)18-7-10-19-9(8-21-10)12(13,14)15/h8H,3-7H2,1-2H3,(H2,16,17,18). The van der Waals surface area contributed by atoms with Gasteiger partial charge in [-0.05, 0) is 13.3 Å². The Morgan fingerprint density at radius 1 is 1.43 bits per heavy atom. The molecule has 1 aromatic rings. The van der Waals surface area contributed by atoms with Crippen LogP contribution in [0.25, 0.3) is 0 Å². The van der Waals surface area contributed by atoms with Crippen molar-refractivity contribution in [3.63, 3.8) is 0 Å². The summed E-state index contributed by atoms with van der Waals surface area (Å²) in [5.41, 5.74) is -0.865. The van der Waals surface area contributed by atoms with Crippen molar-refractivity contribution in [1.29, 1.82) is 0 Å². The minimum atomic E-state index is -4.40. The average molecular weight is 324 g/mol. The van der Waals surface area contributed by atoms with Crippen molar-refractivity contribution >= 4 is 17.3 Å². The number of guanidine groups is 1. The van der Waals surface area contributed by atoms with Crippen molar-refractivity contribution in [2.24, 2.45) is 4.99 Å². The molecule has 0 fully saturated rings. The van der Waals surface area contributed by atoms with E-state index < -0.39 is 11.9 Å². The van der Waals surface area contributed by atoms with Gasteiger partial charge in [-0.3, -0.25) is 0 Å². The molecule has 0 radical (unpaired) electrons. The van der Waals surface area contributed by atoms with Gasteiger partial charge in [0.05, 0.1) is 6.54 Å². The molecule has 0 atom stereocenters. The van der Waals surface area contributed by atoms with Crippen LogP contribution in [0.2, 0.25) is 0 Å². The molecule has 0 aliphatic carbocycles. The lowest BCUT2D eigenvalue weighted by Gasteiger charge is -2.10. The van der Waals surface area contributed by atoms with Crippen LogP contribution in [0.15, 0.2) is 10.4 Å². The lowest BCUT2D eigenvalue weighted by molar-refractivity contribution is -0.140. The van der Waals surface area contributed by atoms with E-state index in [0.29, 0.717) is 30.7 Å². The predicted octanol–water partition coefficient (Wildman–Crippen LogP) is 2.25. The molecule has 0 bridgehead atoms. The highest BCUT2D eigenvalue weighted by molar-refractivity contribution is 7.09. The normalized spacial score (nSPS) is 12.5. The third-order valence-electron chi connectivity index (χ3n) is 2.38. The molecule has 5 nitrogen and oxygen atoms in total. The van der Waals surface area contributed by atoms with Crippen LogP contribution in [0.1, 0.15) is 24.0 Å². The van der Waals surface area contributed by atoms with E-state index in [0.717, 1.165) is 23.1 Å². The fourth-order valence-electron chi connectivity index (χ4n) is 1.43. The van der Waals surface area contributed by atoms with Gasteiger partial charge in [-0.15, -0.1) is 11.3 Å². The Bertz CT molecular complexity index is 448. The maximum absolute atomic E-state index is 12.4. The van der Waals surface area contributed by atoms with Crippen molar-refractivity contribution < 1.29 is 17.9 Å². The zero-order chi connectivity index (χ0) is 15.7. The molecule has 0 aliphatic rings. The number of aliphatic imine (C=N–C) groups is 1. The minimum Gasteiger partial charge on any atom is -0.385 e. The van der Waals surface area contributed by atoms with Crippen LogP contribution >= 0.6 is 11.3 Å². The third kappa shape index (κ3) is 6.76. The second-order valence-electron chi connectivity index (χ2n) is 4.09. The smallest absolute Gasteiger partial charge is 0.385 e. The molecule has 1 aromatic heterocycles. The van der Waals surface area contributed by atoms with Gasteiger partial charge in [-0.2, -0.15) is 13.2 Å². The lowest BCUT2D eigenvalue weighted by atomic mass is 10.4. The lowest BCUT2D eigenvalue weighted by Crippen LogP contribution is -2.38. The maximum atomic E-state index is 12.4. The van der Waals surface area contributed by atoms with Gasteiger partial charge in [0.1, 0.15) is 5.01 Å². The molecular weight excluding hydrogens is 305 g/mol. The number of nitrogens with one attached hydrogen (secondary N) is 2. The zero-order valence-electron chi connectivity index (χ0n) is 12.0. The van der Waals surface area contributed by atoms with Gasteiger partial charge in [-0.25, -0.2) is 9.98 Å². The Morgan fingerprint density at radius 2 is 2.19 bits per heavy atom. The molecule has 9 heteroatoms. The fraction of sp³-hybridized carbons (Fsp3) is 0.667. The van der Waals surface area contributed by atoms with Gasteiger partial charge in [0.15, 0.2) is 11.7 Å². The maximum Gasteiger partial charge on any atom is 0.434 e. The van der Waals surface area contributed by atoms with Crippen molar-refractivity contribution in [3.05, 3.63) is 16.1 Å². The summed E-state index contributed by atoms with van der Waals surface area (Å²) in [6.45, 7) is 4.00. The summed E-state index contributed by atoms with van der Waals surface area (Å²) in [4.78, 5) is 7.75. The van der Waals surface area contributed by atoms with Crippen molar-refractivity contribution in [2.75, 3.05) is 26.8 Å².